The SMILES string of the molecule is Cc1ccc(CN(CCc2ccccc2)C(=O)CN(Cc2cccc(F)c2F)CC2CCCO2)o1. The summed E-state index contributed by atoms with van der Waals surface area (Å²) in [4.78, 5) is 17.2. The molecule has 1 aromatic heterocycles. The average molecular weight is 483 g/mol. The third-order valence-corrected chi connectivity index (χ3v) is 6.28. The molecule has 0 aliphatic carbocycles. The Morgan fingerprint density at radius 3 is 2.57 bits per heavy atom. The molecule has 0 bridgehead atoms. The highest BCUT2D eigenvalue weighted by atomic mass is 19.2. The van der Waals surface area contributed by atoms with Gasteiger partial charge in [-0.2, -0.15) is 0 Å². The number of nitrogens with zero attached hydrogens (tertiary/aromatic N) is 2. The Labute approximate surface area is 205 Å². The van der Waals surface area contributed by atoms with E-state index in [9.17, 15) is 13.6 Å². The number of carbonyl (C=O) groups excluding carboxylic acids is 1. The van der Waals surface area contributed by atoms with Crippen molar-refractivity contribution in [2.45, 2.75) is 45.4 Å². The summed E-state index contributed by atoms with van der Waals surface area (Å²) in [6, 6.07) is 17.9. The monoisotopic (exact) mass is 482 g/mol. The Hall–Kier alpha value is -3.03. The summed E-state index contributed by atoms with van der Waals surface area (Å²) >= 11 is 0. The van der Waals surface area contributed by atoms with Crippen LogP contribution >= 0.6 is 0 Å². The maximum absolute atomic E-state index is 14.4. The molecule has 186 valence electrons. The van der Waals surface area contributed by atoms with Gasteiger partial charge in [0.25, 0.3) is 0 Å². The smallest absolute Gasteiger partial charge is 0.237 e. The maximum Gasteiger partial charge on any atom is 0.237 e. The quantitative estimate of drug-likeness (QED) is 0.381. The third kappa shape index (κ3) is 7.23. The molecule has 5 nitrogen and oxygen atoms in total. The van der Waals surface area contributed by atoms with Crippen molar-refractivity contribution in [3.63, 3.8) is 0 Å². The van der Waals surface area contributed by atoms with E-state index in [2.05, 4.69) is 0 Å². The van der Waals surface area contributed by atoms with Crippen LogP contribution in [0.2, 0.25) is 0 Å². The van der Waals surface area contributed by atoms with Crippen molar-refractivity contribution < 1.29 is 22.7 Å². The summed E-state index contributed by atoms with van der Waals surface area (Å²) in [5.74, 6) is -0.347. The molecule has 2 heterocycles. The number of halogens is 2. The van der Waals surface area contributed by atoms with E-state index >= 15 is 0 Å². The van der Waals surface area contributed by atoms with Crippen LogP contribution in [0.15, 0.2) is 65.1 Å². The second-order valence-electron chi connectivity index (χ2n) is 9.08. The van der Waals surface area contributed by atoms with Crippen LogP contribution in [0.5, 0.6) is 0 Å². The molecule has 0 radical (unpaired) electrons. The van der Waals surface area contributed by atoms with Gasteiger partial charge < -0.3 is 14.1 Å². The average Bonchev–Trinajstić information content (AvgIpc) is 3.51. The van der Waals surface area contributed by atoms with Crippen LogP contribution in [0.1, 0.15) is 35.5 Å². The van der Waals surface area contributed by atoms with Crippen molar-refractivity contribution in [2.24, 2.45) is 0 Å². The van der Waals surface area contributed by atoms with Crippen molar-refractivity contribution in [3.8, 4) is 0 Å². The first-order chi connectivity index (χ1) is 17.0. The van der Waals surface area contributed by atoms with Crippen LogP contribution in [0.4, 0.5) is 8.78 Å². The molecule has 4 rings (SSSR count). The minimum absolute atomic E-state index is 0.0232. The molecule has 1 saturated heterocycles. The number of amides is 1. The van der Waals surface area contributed by atoms with Crippen molar-refractivity contribution in [1.82, 2.24) is 9.80 Å². The molecular weight excluding hydrogens is 450 g/mol. The van der Waals surface area contributed by atoms with E-state index < -0.39 is 11.6 Å². The highest BCUT2D eigenvalue weighted by molar-refractivity contribution is 5.78. The Bertz CT molecular complexity index is 1100. The lowest BCUT2D eigenvalue weighted by molar-refractivity contribution is -0.133. The van der Waals surface area contributed by atoms with Crippen molar-refractivity contribution in [1.29, 1.82) is 0 Å². The lowest BCUT2D eigenvalue weighted by atomic mass is 10.1. The summed E-state index contributed by atoms with van der Waals surface area (Å²) in [5, 5.41) is 0. The molecule has 1 aliphatic heterocycles. The van der Waals surface area contributed by atoms with Gasteiger partial charge in [-0.1, -0.05) is 42.5 Å². The lowest BCUT2D eigenvalue weighted by Crippen LogP contribution is -2.43. The van der Waals surface area contributed by atoms with E-state index in [1.807, 2.05) is 54.3 Å². The predicted molar refractivity (Wildman–Crippen MR) is 130 cm³/mol. The molecule has 1 amide bonds. The largest absolute Gasteiger partial charge is 0.464 e. The van der Waals surface area contributed by atoms with Crippen LogP contribution in [0.3, 0.4) is 0 Å². The summed E-state index contributed by atoms with van der Waals surface area (Å²) in [7, 11) is 0. The van der Waals surface area contributed by atoms with Gasteiger partial charge in [0.15, 0.2) is 11.6 Å². The predicted octanol–water partition coefficient (Wildman–Crippen LogP) is 5.12. The van der Waals surface area contributed by atoms with E-state index in [-0.39, 0.29) is 30.7 Å². The van der Waals surface area contributed by atoms with Crippen LogP contribution in [-0.2, 0) is 29.0 Å². The molecule has 1 aliphatic rings. The van der Waals surface area contributed by atoms with E-state index in [1.54, 1.807) is 11.0 Å². The Morgan fingerprint density at radius 2 is 1.86 bits per heavy atom. The van der Waals surface area contributed by atoms with Gasteiger partial charge in [0.1, 0.15) is 11.5 Å². The van der Waals surface area contributed by atoms with Crippen LogP contribution in [-0.4, -0.2) is 48.1 Å². The second kappa shape index (κ2) is 12.1. The number of rotatable bonds is 11. The van der Waals surface area contributed by atoms with Gasteiger partial charge in [-0.3, -0.25) is 9.69 Å². The molecule has 0 N–H and O–H groups in total. The van der Waals surface area contributed by atoms with Gasteiger partial charge in [0.2, 0.25) is 5.91 Å². The van der Waals surface area contributed by atoms with Crippen molar-refractivity contribution in [2.75, 3.05) is 26.2 Å². The zero-order valence-electron chi connectivity index (χ0n) is 20.1. The standard InChI is InChI=1S/C28H32F2N2O3/c1-21-12-13-25(35-21)19-32(15-14-22-7-3-2-4-8-22)27(33)20-31(18-24-10-6-16-34-24)17-23-9-5-11-26(29)28(23)30/h2-5,7-9,11-13,24H,6,10,14-20H2,1H3. The van der Waals surface area contributed by atoms with Gasteiger partial charge in [-0.25, -0.2) is 8.78 Å². The number of furan rings is 1. The second-order valence-corrected chi connectivity index (χ2v) is 9.08. The van der Waals surface area contributed by atoms with Gasteiger partial charge in [0, 0.05) is 31.8 Å². The fraction of sp³-hybridized carbons (Fsp3) is 0.393. The zero-order chi connectivity index (χ0) is 24.6. The number of benzene rings is 2. The summed E-state index contributed by atoms with van der Waals surface area (Å²) in [6.07, 6.45) is 2.53. The molecule has 35 heavy (non-hydrogen) atoms. The normalized spacial score (nSPS) is 15.6. The minimum Gasteiger partial charge on any atom is -0.464 e. The number of carbonyl (C=O) groups is 1. The molecule has 1 atom stereocenters. The Morgan fingerprint density at radius 1 is 1.03 bits per heavy atom. The first kappa shape index (κ1) is 25.1. The molecular formula is C28H32F2N2O3. The Balaban J connectivity index is 1.49. The number of hydrogen-bond donors (Lipinski definition) is 0. The lowest BCUT2D eigenvalue weighted by Gasteiger charge is -2.29. The molecule has 3 aromatic rings. The summed E-state index contributed by atoms with van der Waals surface area (Å²) in [6.45, 7) is 4.10. The van der Waals surface area contributed by atoms with E-state index in [0.717, 1.165) is 30.2 Å². The highest BCUT2D eigenvalue weighted by Gasteiger charge is 2.25. The van der Waals surface area contributed by atoms with Gasteiger partial charge in [0.05, 0.1) is 19.2 Å². The molecule has 7 heteroatoms. The highest BCUT2D eigenvalue weighted by Crippen LogP contribution is 2.19. The van der Waals surface area contributed by atoms with Crippen LogP contribution in [0.25, 0.3) is 0 Å². The number of ether oxygens (including phenoxy) is 1. The topological polar surface area (TPSA) is 45.9 Å². The molecule has 2 aromatic carbocycles. The molecule has 0 spiro atoms. The maximum atomic E-state index is 14.4. The number of aryl methyl sites for hydroxylation is 1. The first-order valence-corrected chi connectivity index (χ1v) is 12.1. The summed E-state index contributed by atoms with van der Waals surface area (Å²) in [5.41, 5.74) is 1.37. The van der Waals surface area contributed by atoms with E-state index in [0.29, 0.717) is 38.4 Å². The molecule has 1 fully saturated rings. The first-order valence-electron chi connectivity index (χ1n) is 12.1. The van der Waals surface area contributed by atoms with Crippen LogP contribution < -0.4 is 0 Å². The third-order valence-electron chi connectivity index (χ3n) is 6.28. The fourth-order valence-corrected chi connectivity index (χ4v) is 4.42. The van der Waals surface area contributed by atoms with Gasteiger partial charge in [-0.05, 0) is 49.9 Å². The zero-order valence-corrected chi connectivity index (χ0v) is 20.1. The Kier molecular flexibility index (Phi) is 8.66. The fourth-order valence-electron chi connectivity index (χ4n) is 4.42. The van der Waals surface area contributed by atoms with Crippen molar-refractivity contribution >= 4 is 5.91 Å². The van der Waals surface area contributed by atoms with E-state index in [4.69, 9.17) is 9.15 Å². The van der Waals surface area contributed by atoms with Gasteiger partial charge >= 0.3 is 0 Å². The van der Waals surface area contributed by atoms with E-state index in [1.165, 1.54) is 6.07 Å². The molecule has 0 saturated carbocycles. The molecule has 1 unspecified atom stereocenters. The van der Waals surface area contributed by atoms with Crippen LogP contribution in [0, 0.1) is 18.6 Å². The number of hydrogen-bond acceptors (Lipinski definition) is 4. The van der Waals surface area contributed by atoms with Crippen molar-refractivity contribution in [3.05, 3.63) is 94.9 Å². The minimum atomic E-state index is -0.886. The summed E-state index contributed by atoms with van der Waals surface area (Å²) < 4.78 is 39.8. The van der Waals surface area contributed by atoms with Gasteiger partial charge in [-0.15, -0.1) is 0 Å².